The van der Waals surface area contributed by atoms with E-state index in [1.807, 2.05) is 18.2 Å². The number of ether oxygens (including phenoxy) is 1. The maximum Gasteiger partial charge on any atom is 0.310 e. The van der Waals surface area contributed by atoms with Gasteiger partial charge in [0.1, 0.15) is 12.4 Å². The fourth-order valence-corrected chi connectivity index (χ4v) is 2.43. The van der Waals surface area contributed by atoms with Crippen LogP contribution in [0.4, 0.5) is 0 Å². The predicted octanol–water partition coefficient (Wildman–Crippen LogP) is 3.00. The molecule has 0 fully saturated rings. The number of hydrogen-bond acceptors (Lipinski definition) is 3. The van der Waals surface area contributed by atoms with Crippen LogP contribution in [0.3, 0.4) is 0 Å². The number of carboxylic acids is 1. The van der Waals surface area contributed by atoms with Crippen molar-refractivity contribution < 1.29 is 19.4 Å². The molecular formula is C17H14O4. The third-order valence-corrected chi connectivity index (χ3v) is 3.76. The zero-order chi connectivity index (χ0) is 15.0. The van der Waals surface area contributed by atoms with Crippen LogP contribution in [0.25, 0.3) is 0 Å². The molecule has 0 amide bonds. The maximum absolute atomic E-state index is 12.6. The molecule has 4 nitrogen and oxygen atoms in total. The van der Waals surface area contributed by atoms with Crippen LogP contribution in [-0.2, 0) is 11.4 Å². The van der Waals surface area contributed by atoms with Gasteiger partial charge in [0.15, 0.2) is 5.78 Å². The average molecular weight is 282 g/mol. The Morgan fingerprint density at radius 1 is 1.19 bits per heavy atom. The Labute approximate surface area is 122 Å². The Morgan fingerprint density at radius 2 is 1.95 bits per heavy atom. The lowest BCUT2D eigenvalue weighted by molar-refractivity contribution is -0.138. The van der Waals surface area contributed by atoms with E-state index in [0.29, 0.717) is 29.0 Å². The van der Waals surface area contributed by atoms with Gasteiger partial charge in [-0.2, -0.15) is 0 Å². The predicted molar refractivity (Wildman–Crippen MR) is 76.7 cm³/mol. The second-order valence-electron chi connectivity index (χ2n) is 5.09. The molecule has 106 valence electrons. The van der Waals surface area contributed by atoms with Crippen molar-refractivity contribution in [3.8, 4) is 5.75 Å². The van der Waals surface area contributed by atoms with E-state index in [4.69, 9.17) is 9.84 Å². The van der Waals surface area contributed by atoms with Gasteiger partial charge in [0.05, 0.1) is 11.5 Å². The molecule has 0 bridgehead atoms. The quantitative estimate of drug-likeness (QED) is 0.919. The molecule has 1 N–H and O–H groups in total. The first-order chi connectivity index (χ1) is 10.1. The summed E-state index contributed by atoms with van der Waals surface area (Å²) < 4.78 is 5.67. The number of benzene rings is 2. The molecule has 3 rings (SSSR count). The molecule has 4 heteroatoms. The van der Waals surface area contributed by atoms with Crippen molar-refractivity contribution in [3.05, 3.63) is 64.7 Å². The maximum atomic E-state index is 12.6. The van der Waals surface area contributed by atoms with Crippen LogP contribution in [-0.4, -0.2) is 16.9 Å². The summed E-state index contributed by atoms with van der Waals surface area (Å²) in [7, 11) is 0. The van der Waals surface area contributed by atoms with Gasteiger partial charge in [-0.1, -0.05) is 30.3 Å². The van der Waals surface area contributed by atoms with Crippen molar-refractivity contribution >= 4 is 11.8 Å². The van der Waals surface area contributed by atoms with Gasteiger partial charge in [0, 0.05) is 11.1 Å². The summed E-state index contributed by atoms with van der Waals surface area (Å²) in [5.41, 5.74) is 2.46. The van der Waals surface area contributed by atoms with Crippen molar-refractivity contribution in [2.75, 3.05) is 0 Å². The molecule has 0 unspecified atom stereocenters. The van der Waals surface area contributed by atoms with Gasteiger partial charge in [-0.3, -0.25) is 9.59 Å². The summed E-state index contributed by atoms with van der Waals surface area (Å²) in [6.45, 7) is 1.93. The van der Waals surface area contributed by atoms with E-state index in [1.54, 1.807) is 31.2 Å². The van der Waals surface area contributed by atoms with Crippen LogP contribution >= 0.6 is 0 Å². The van der Waals surface area contributed by atoms with Crippen LogP contribution in [0.2, 0.25) is 0 Å². The summed E-state index contributed by atoms with van der Waals surface area (Å²) in [6.07, 6.45) is 0. The Balaban J connectivity index is 2.11. The van der Waals surface area contributed by atoms with Gasteiger partial charge < -0.3 is 9.84 Å². The standard InChI is InChI=1S/C17H14O4/c1-10(17(19)20)11-6-7-15-14(8-11)16(18)13-5-3-2-4-12(13)9-21-15/h2-8,10H,9H2,1H3,(H,19,20)/t10-/m0/s1. The Kier molecular flexibility index (Phi) is 3.22. The third kappa shape index (κ3) is 2.29. The van der Waals surface area contributed by atoms with Crippen LogP contribution in [0.15, 0.2) is 42.5 Å². The lowest BCUT2D eigenvalue weighted by Crippen LogP contribution is -2.09. The third-order valence-electron chi connectivity index (χ3n) is 3.76. The summed E-state index contributed by atoms with van der Waals surface area (Å²) in [5, 5.41) is 9.10. The van der Waals surface area contributed by atoms with Crippen molar-refractivity contribution in [2.45, 2.75) is 19.4 Å². The molecule has 1 heterocycles. The highest BCUT2D eigenvalue weighted by Gasteiger charge is 2.24. The molecule has 0 spiro atoms. The molecule has 21 heavy (non-hydrogen) atoms. The van der Waals surface area contributed by atoms with E-state index in [9.17, 15) is 9.59 Å². The van der Waals surface area contributed by atoms with Crippen molar-refractivity contribution in [2.24, 2.45) is 0 Å². The molecule has 2 aromatic carbocycles. The number of carboxylic acid groups (broad SMARTS) is 1. The first-order valence-corrected chi connectivity index (χ1v) is 6.70. The number of rotatable bonds is 2. The van der Waals surface area contributed by atoms with Crippen molar-refractivity contribution in [1.82, 2.24) is 0 Å². The fourth-order valence-electron chi connectivity index (χ4n) is 2.43. The van der Waals surface area contributed by atoms with Crippen LogP contribution < -0.4 is 4.74 Å². The number of carbonyl (C=O) groups is 2. The largest absolute Gasteiger partial charge is 0.488 e. The van der Waals surface area contributed by atoms with E-state index in [-0.39, 0.29) is 5.78 Å². The highest BCUT2D eigenvalue weighted by molar-refractivity contribution is 6.12. The second kappa shape index (κ2) is 5.05. The summed E-state index contributed by atoms with van der Waals surface area (Å²) in [5.74, 6) is -1.21. The molecule has 0 aliphatic carbocycles. The molecule has 1 aliphatic heterocycles. The summed E-state index contributed by atoms with van der Waals surface area (Å²) >= 11 is 0. The first-order valence-electron chi connectivity index (χ1n) is 6.70. The minimum absolute atomic E-state index is 0.127. The van der Waals surface area contributed by atoms with Crippen LogP contribution in [0, 0.1) is 0 Å². The van der Waals surface area contributed by atoms with Gasteiger partial charge in [-0.25, -0.2) is 0 Å². The van der Waals surface area contributed by atoms with Crippen molar-refractivity contribution in [1.29, 1.82) is 0 Å². The molecule has 0 aromatic heterocycles. The molecule has 1 atom stereocenters. The number of hydrogen-bond donors (Lipinski definition) is 1. The lowest BCUT2D eigenvalue weighted by Gasteiger charge is -2.11. The number of ketones is 1. The second-order valence-corrected chi connectivity index (χ2v) is 5.09. The first kappa shape index (κ1) is 13.4. The molecule has 2 aromatic rings. The zero-order valence-electron chi connectivity index (χ0n) is 11.5. The SMILES string of the molecule is C[C@H](C(=O)O)c1ccc2c(c1)C(=O)c1ccccc1CO2. The van der Waals surface area contributed by atoms with E-state index < -0.39 is 11.9 Å². The zero-order valence-corrected chi connectivity index (χ0v) is 11.5. The van der Waals surface area contributed by atoms with E-state index in [0.717, 1.165) is 5.56 Å². The molecular weight excluding hydrogens is 268 g/mol. The topological polar surface area (TPSA) is 63.6 Å². The Hall–Kier alpha value is -2.62. The molecule has 0 radical (unpaired) electrons. The van der Waals surface area contributed by atoms with Crippen molar-refractivity contribution in [3.63, 3.8) is 0 Å². The van der Waals surface area contributed by atoms with Gasteiger partial charge in [-0.05, 0) is 24.6 Å². The van der Waals surface area contributed by atoms with Gasteiger partial charge in [0.25, 0.3) is 0 Å². The molecule has 0 saturated carbocycles. The van der Waals surface area contributed by atoms with Gasteiger partial charge in [-0.15, -0.1) is 0 Å². The highest BCUT2D eigenvalue weighted by Crippen LogP contribution is 2.31. The van der Waals surface area contributed by atoms with Gasteiger partial charge in [0.2, 0.25) is 0 Å². The average Bonchev–Trinajstić information content (AvgIpc) is 2.64. The van der Waals surface area contributed by atoms with E-state index in [1.165, 1.54) is 0 Å². The molecule has 0 saturated heterocycles. The summed E-state index contributed by atoms with van der Waals surface area (Å²) in [6, 6.07) is 12.3. The highest BCUT2D eigenvalue weighted by atomic mass is 16.5. The minimum Gasteiger partial charge on any atom is -0.488 e. The lowest BCUT2D eigenvalue weighted by atomic mass is 9.94. The van der Waals surface area contributed by atoms with Crippen LogP contribution in [0.5, 0.6) is 5.75 Å². The minimum atomic E-state index is -0.919. The monoisotopic (exact) mass is 282 g/mol. The number of aliphatic carboxylic acids is 1. The number of carbonyl (C=O) groups excluding carboxylic acids is 1. The Morgan fingerprint density at radius 3 is 2.71 bits per heavy atom. The smallest absolute Gasteiger partial charge is 0.310 e. The normalized spacial score (nSPS) is 14.4. The van der Waals surface area contributed by atoms with E-state index >= 15 is 0 Å². The van der Waals surface area contributed by atoms with Gasteiger partial charge >= 0.3 is 5.97 Å². The fraction of sp³-hybridized carbons (Fsp3) is 0.176. The van der Waals surface area contributed by atoms with E-state index in [2.05, 4.69) is 0 Å². The molecule has 1 aliphatic rings. The van der Waals surface area contributed by atoms with Crippen LogP contribution in [0.1, 0.15) is 39.9 Å². The number of fused-ring (bicyclic) bond motifs is 2. The Bertz CT molecular complexity index is 733. The summed E-state index contributed by atoms with van der Waals surface area (Å²) in [4.78, 5) is 23.7.